The summed E-state index contributed by atoms with van der Waals surface area (Å²) >= 11 is 11.6. The summed E-state index contributed by atoms with van der Waals surface area (Å²) in [7, 11) is 0. The first-order chi connectivity index (χ1) is 16.2. The van der Waals surface area contributed by atoms with Crippen molar-refractivity contribution >= 4 is 40.6 Å². The molecule has 3 aliphatic rings. The minimum atomic E-state index is -0.596. The van der Waals surface area contributed by atoms with Crippen molar-refractivity contribution in [3.63, 3.8) is 0 Å². The van der Waals surface area contributed by atoms with Crippen molar-refractivity contribution in [1.82, 2.24) is 5.32 Å². The Morgan fingerprint density at radius 1 is 1.06 bits per heavy atom. The molecule has 5 rings (SSSR count). The number of halogens is 3. The Morgan fingerprint density at radius 2 is 1.82 bits per heavy atom. The monoisotopic (exact) mass is 510 g/mol. The lowest BCUT2D eigenvalue weighted by Crippen LogP contribution is -2.75. The maximum atomic E-state index is 13.5. The molecule has 3 N–H and O–H groups in total. The maximum Gasteiger partial charge on any atom is 0.258 e. The number of benzene rings is 2. The molecule has 0 aliphatic heterocycles. The molecular weight excluding hydrogens is 486 g/mol. The number of anilines is 1. The van der Waals surface area contributed by atoms with Gasteiger partial charge in [0.2, 0.25) is 0 Å². The van der Waals surface area contributed by atoms with Crippen molar-refractivity contribution in [3.8, 4) is 11.5 Å². The van der Waals surface area contributed by atoms with Gasteiger partial charge in [0, 0.05) is 29.6 Å². The van der Waals surface area contributed by atoms with Gasteiger partial charge in [-0.3, -0.25) is 9.59 Å². The number of carbonyl (C=O) groups excluding carboxylic acids is 2. The Morgan fingerprint density at radius 3 is 2.53 bits per heavy atom. The van der Waals surface area contributed by atoms with Gasteiger partial charge in [-0.15, -0.1) is 0 Å². The lowest BCUT2D eigenvalue weighted by Gasteiger charge is -2.70. The van der Waals surface area contributed by atoms with E-state index in [9.17, 15) is 14.0 Å². The van der Waals surface area contributed by atoms with Gasteiger partial charge in [-0.2, -0.15) is 0 Å². The minimum Gasteiger partial charge on any atom is -0.486 e. The van der Waals surface area contributed by atoms with Crippen LogP contribution in [0, 0.1) is 11.2 Å². The third kappa shape index (κ3) is 5.56. The summed E-state index contributed by atoms with van der Waals surface area (Å²) in [6.07, 6.45) is 2.56. The van der Waals surface area contributed by atoms with Crippen LogP contribution in [0.4, 0.5) is 10.1 Å². The Labute approximate surface area is 206 Å². The van der Waals surface area contributed by atoms with Crippen LogP contribution in [-0.2, 0) is 9.59 Å². The summed E-state index contributed by atoms with van der Waals surface area (Å²) in [6, 6.07) is 9.04. The summed E-state index contributed by atoms with van der Waals surface area (Å²) in [5.41, 5.74) is 0.219. The first-order valence-electron chi connectivity index (χ1n) is 10.9. The van der Waals surface area contributed by atoms with E-state index in [0.29, 0.717) is 29.4 Å². The molecular formula is C24H25Cl2FN2O5. The molecule has 0 aromatic heterocycles. The SMILES string of the molecule is O=C(COc1ccc(Cl)c(F)c1)CC12CC(NC(=O)COc3ccc(Cl)cc3NCCO)(C1)C2. The van der Waals surface area contributed by atoms with Gasteiger partial charge in [0.25, 0.3) is 5.91 Å². The molecule has 34 heavy (non-hydrogen) atoms. The van der Waals surface area contributed by atoms with Gasteiger partial charge in [-0.05, 0) is 55.0 Å². The molecule has 10 heteroatoms. The zero-order valence-corrected chi connectivity index (χ0v) is 19.8. The molecule has 3 aliphatic carbocycles. The van der Waals surface area contributed by atoms with Crippen LogP contribution in [0.1, 0.15) is 25.7 Å². The number of hydrogen-bond donors (Lipinski definition) is 3. The molecule has 2 bridgehead atoms. The van der Waals surface area contributed by atoms with E-state index in [4.69, 9.17) is 37.8 Å². The Kier molecular flexibility index (Phi) is 7.21. The third-order valence-corrected chi connectivity index (χ3v) is 6.68. The maximum absolute atomic E-state index is 13.5. The van der Waals surface area contributed by atoms with Crippen molar-refractivity contribution in [2.75, 3.05) is 31.7 Å². The number of nitrogens with one attached hydrogen (secondary N) is 2. The fourth-order valence-electron chi connectivity index (χ4n) is 4.95. The quantitative estimate of drug-likeness (QED) is 0.399. The number of rotatable bonds is 12. The fraction of sp³-hybridized carbons (Fsp3) is 0.417. The lowest BCUT2D eigenvalue weighted by molar-refractivity contribution is -0.173. The van der Waals surface area contributed by atoms with E-state index in [1.54, 1.807) is 18.2 Å². The molecule has 0 radical (unpaired) electrons. The zero-order valence-electron chi connectivity index (χ0n) is 18.3. The van der Waals surface area contributed by atoms with E-state index >= 15 is 0 Å². The van der Waals surface area contributed by atoms with Gasteiger partial charge in [0.1, 0.15) is 23.9 Å². The van der Waals surface area contributed by atoms with Crippen LogP contribution >= 0.6 is 23.2 Å². The second kappa shape index (κ2) is 9.98. The highest BCUT2D eigenvalue weighted by Gasteiger charge is 2.68. The van der Waals surface area contributed by atoms with Gasteiger partial charge in [-0.1, -0.05) is 23.2 Å². The zero-order chi connectivity index (χ0) is 24.3. The highest BCUT2D eigenvalue weighted by atomic mass is 35.5. The predicted molar refractivity (Wildman–Crippen MR) is 126 cm³/mol. The third-order valence-electron chi connectivity index (χ3n) is 6.14. The second-order valence-corrected chi connectivity index (χ2v) is 9.86. The number of carbonyl (C=O) groups is 2. The van der Waals surface area contributed by atoms with Crippen molar-refractivity contribution in [1.29, 1.82) is 0 Å². The molecule has 0 atom stereocenters. The number of aliphatic hydroxyl groups excluding tert-OH is 1. The number of ether oxygens (including phenoxy) is 2. The normalized spacial score (nSPS) is 22.2. The van der Waals surface area contributed by atoms with Crippen LogP contribution in [0.15, 0.2) is 36.4 Å². The highest BCUT2D eigenvalue weighted by Crippen LogP contribution is 2.69. The number of amides is 1. The summed E-state index contributed by atoms with van der Waals surface area (Å²) < 4.78 is 24.5. The topological polar surface area (TPSA) is 96.9 Å². The molecule has 3 saturated carbocycles. The summed E-state index contributed by atoms with van der Waals surface area (Å²) in [4.78, 5) is 24.8. The standard InChI is InChI=1S/C24H25Cl2FN2O5/c25-15-1-4-21(20(7-15)28-5-6-30)34-11-22(32)29-24-12-23(13-24,14-24)9-16(31)10-33-17-2-3-18(26)19(27)8-17/h1-4,7-8,28,30H,5-6,9-14H2,(H,29,32). The van der Waals surface area contributed by atoms with E-state index in [1.165, 1.54) is 12.1 Å². The summed E-state index contributed by atoms with van der Waals surface area (Å²) in [5, 5.41) is 15.5. The Bertz CT molecular complexity index is 1080. The number of hydrogen-bond acceptors (Lipinski definition) is 6. The average molecular weight is 511 g/mol. The van der Waals surface area contributed by atoms with Crippen LogP contribution < -0.4 is 20.1 Å². The molecule has 1 amide bonds. The van der Waals surface area contributed by atoms with Gasteiger partial charge < -0.3 is 25.2 Å². The molecule has 0 saturated heterocycles. The number of aliphatic hydroxyl groups is 1. The van der Waals surface area contributed by atoms with Gasteiger partial charge in [0.05, 0.1) is 17.3 Å². The first-order valence-corrected chi connectivity index (χ1v) is 11.6. The Balaban J connectivity index is 1.19. The van der Waals surface area contributed by atoms with Gasteiger partial charge >= 0.3 is 0 Å². The van der Waals surface area contributed by atoms with E-state index in [2.05, 4.69) is 10.6 Å². The fourth-order valence-corrected chi connectivity index (χ4v) is 5.24. The van der Waals surface area contributed by atoms with E-state index in [0.717, 1.165) is 25.3 Å². The smallest absolute Gasteiger partial charge is 0.258 e. The molecule has 0 heterocycles. The van der Waals surface area contributed by atoms with E-state index in [-0.39, 0.29) is 53.2 Å². The van der Waals surface area contributed by atoms with Gasteiger partial charge in [0.15, 0.2) is 12.4 Å². The largest absolute Gasteiger partial charge is 0.486 e. The summed E-state index contributed by atoms with van der Waals surface area (Å²) in [5.74, 6) is -0.179. The Hall–Kier alpha value is -2.55. The first kappa shape index (κ1) is 24.6. The highest BCUT2D eigenvalue weighted by molar-refractivity contribution is 6.31. The van der Waals surface area contributed by atoms with Crippen molar-refractivity contribution in [2.45, 2.75) is 31.2 Å². The van der Waals surface area contributed by atoms with Crippen molar-refractivity contribution < 1.29 is 28.6 Å². The molecule has 2 aromatic carbocycles. The van der Waals surface area contributed by atoms with Crippen LogP contribution in [0.25, 0.3) is 0 Å². The van der Waals surface area contributed by atoms with Crippen LogP contribution in [0.2, 0.25) is 10.0 Å². The minimum absolute atomic E-state index is 0.00254. The molecule has 0 unspecified atom stereocenters. The predicted octanol–water partition coefficient (Wildman–Crippen LogP) is 3.99. The number of Topliss-reactive ketones (excluding diaryl/α,β-unsaturated/α-hetero) is 1. The van der Waals surface area contributed by atoms with Crippen LogP contribution in [0.5, 0.6) is 11.5 Å². The molecule has 3 fully saturated rings. The molecule has 7 nitrogen and oxygen atoms in total. The number of ketones is 1. The average Bonchev–Trinajstić information content (AvgIpc) is 2.75. The summed E-state index contributed by atoms with van der Waals surface area (Å²) in [6.45, 7) is -0.0160. The van der Waals surface area contributed by atoms with E-state index in [1.807, 2.05) is 0 Å². The molecule has 182 valence electrons. The lowest BCUT2D eigenvalue weighted by atomic mass is 9.38. The van der Waals surface area contributed by atoms with Crippen LogP contribution in [-0.4, -0.2) is 48.7 Å². The van der Waals surface area contributed by atoms with Crippen molar-refractivity contribution in [3.05, 3.63) is 52.3 Å². The second-order valence-electron chi connectivity index (χ2n) is 9.02. The molecule has 0 spiro atoms. The van der Waals surface area contributed by atoms with Gasteiger partial charge in [-0.25, -0.2) is 4.39 Å². The van der Waals surface area contributed by atoms with Crippen molar-refractivity contribution in [2.24, 2.45) is 5.41 Å². The van der Waals surface area contributed by atoms with E-state index < -0.39 is 5.82 Å². The van der Waals surface area contributed by atoms with Crippen LogP contribution in [0.3, 0.4) is 0 Å². The molecule has 2 aromatic rings.